The highest BCUT2D eigenvalue weighted by atomic mass is 16.2. The zero-order valence-corrected chi connectivity index (χ0v) is 11.9. The first-order valence-electron chi connectivity index (χ1n) is 7.02. The fraction of sp³-hybridized carbons (Fsp3) is 0.600. The lowest BCUT2D eigenvalue weighted by molar-refractivity contribution is -0.129. The van der Waals surface area contributed by atoms with E-state index in [1.165, 1.54) is 12.8 Å². The third-order valence-corrected chi connectivity index (χ3v) is 3.79. The number of piperidine rings is 1. The fourth-order valence-electron chi connectivity index (χ4n) is 2.55. The first-order chi connectivity index (χ1) is 9.16. The molecule has 19 heavy (non-hydrogen) atoms. The maximum absolute atomic E-state index is 12.2. The zero-order valence-electron chi connectivity index (χ0n) is 11.9. The Morgan fingerprint density at radius 2 is 2.42 bits per heavy atom. The summed E-state index contributed by atoms with van der Waals surface area (Å²) in [7, 11) is 1.90. The van der Waals surface area contributed by atoms with Gasteiger partial charge in [-0.05, 0) is 50.4 Å². The van der Waals surface area contributed by atoms with Crippen LogP contribution in [0.15, 0.2) is 18.3 Å². The van der Waals surface area contributed by atoms with Crippen molar-refractivity contribution < 1.29 is 4.79 Å². The Hall–Kier alpha value is -1.42. The van der Waals surface area contributed by atoms with E-state index < -0.39 is 0 Å². The van der Waals surface area contributed by atoms with Gasteiger partial charge in [-0.25, -0.2) is 0 Å². The van der Waals surface area contributed by atoms with E-state index in [0.29, 0.717) is 12.3 Å². The van der Waals surface area contributed by atoms with Crippen LogP contribution in [0.5, 0.6) is 0 Å². The van der Waals surface area contributed by atoms with Crippen LogP contribution in [-0.2, 0) is 11.2 Å². The van der Waals surface area contributed by atoms with Gasteiger partial charge in [0.1, 0.15) is 0 Å². The number of nitrogens with one attached hydrogen (secondary N) is 1. The van der Waals surface area contributed by atoms with Gasteiger partial charge in [-0.15, -0.1) is 0 Å². The molecule has 1 atom stereocenters. The smallest absolute Gasteiger partial charge is 0.228 e. The maximum atomic E-state index is 12.2. The molecule has 0 aromatic carbocycles. The average Bonchev–Trinajstić information content (AvgIpc) is 2.42. The second kappa shape index (κ2) is 6.66. The molecule has 1 aliphatic rings. The number of carbonyl (C=O) groups is 1. The number of nitrogens with zero attached hydrogens (tertiary/aromatic N) is 2. The van der Waals surface area contributed by atoms with E-state index in [1.807, 2.05) is 31.0 Å². The van der Waals surface area contributed by atoms with E-state index in [4.69, 9.17) is 0 Å². The second-order valence-electron chi connectivity index (χ2n) is 5.43. The standard InChI is InChI=1S/C15H23N3O/c1-12-5-3-8-17-14(12)9-15(19)18(2)11-13-6-4-7-16-10-13/h3,5,8,13,16H,4,6-7,9-11H2,1-2H3. The molecule has 1 aromatic heterocycles. The second-order valence-corrected chi connectivity index (χ2v) is 5.43. The van der Waals surface area contributed by atoms with Gasteiger partial charge in [0.15, 0.2) is 0 Å². The summed E-state index contributed by atoms with van der Waals surface area (Å²) in [5.41, 5.74) is 1.98. The first kappa shape index (κ1) is 14.0. The highest BCUT2D eigenvalue weighted by Crippen LogP contribution is 2.12. The van der Waals surface area contributed by atoms with Crippen molar-refractivity contribution >= 4 is 5.91 Å². The van der Waals surface area contributed by atoms with Crippen LogP contribution in [0, 0.1) is 12.8 Å². The summed E-state index contributed by atoms with van der Waals surface area (Å²) in [6.07, 6.45) is 4.59. The minimum absolute atomic E-state index is 0.160. The van der Waals surface area contributed by atoms with Gasteiger partial charge in [0.25, 0.3) is 0 Å². The van der Waals surface area contributed by atoms with Crippen LogP contribution < -0.4 is 5.32 Å². The number of aromatic nitrogens is 1. The molecule has 1 saturated heterocycles. The van der Waals surface area contributed by atoms with E-state index in [0.717, 1.165) is 30.9 Å². The molecular formula is C15H23N3O. The van der Waals surface area contributed by atoms with Gasteiger partial charge < -0.3 is 10.2 Å². The number of carbonyl (C=O) groups excluding carboxylic acids is 1. The Kier molecular flexibility index (Phi) is 4.91. The summed E-state index contributed by atoms with van der Waals surface area (Å²) < 4.78 is 0. The van der Waals surface area contributed by atoms with Gasteiger partial charge in [0.2, 0.25) is 5.91 Å². The number of aryl methyl sites for hydroxylation is 1. The van der Waals surface area contributed by atoms with E-state index >= 15 is 0 Å². The number of hydrogen-bond donors (Lipinski definition) is 1. The number of likely N-dealkylation sites (N-methyl/N-ethyl adjacent to an activating group) is 1. The maximum Gasteiger partial charge on any atom is 0.228 e. The van der Waals surface area contributed by atoms with Crippen LogP contribution in [0.1, 0.15) is 24.1 Å². The lowest BCUT2D eigenvalue weighted by atomic mass is 9.99. The molecule has 1 amide bonds. The lowest BCUT2D eigenvalue weighted by Crippen LogP contribution is -2.39. The molecule has 0 aliphatic carbocycles. The van der Waals surface area contributed by atoms with Crippen molar-refractivity contribution in [1.29, 1.82) is 0 Å². The summed E-state index contributed by atoms with van der Waals surface area (Å²) in [6.45, 7) is 4.99. The Morgan fingerprint density at radius 3 is 3.11 bits per heavy atom. The lowest BCUT2D eigenvalue weighted by Gasteiger charge is -2.27. The predicted octanol–water partition coefficient (Wildman–Crippen LogP) is 1.39. The summed E-state index contributed by atoms with van der Waals surface area (Å²) >= 11 is 0. The highest BCUT2D eigenvalue weighted by molar-refractivity contribution is 5.78. The van der Waals surface area contributed by atoms with Gasteiger partial charge in [-0.2, -0.15) is 0 Å². The monoisotopic (exact) mass is 261 g/mol. The van der Waals surface area contributed by atoms with Crippen molar-refractivity contribution in [3.63, 3.8) is 0 Å². The van der Waals surface area contributed by atoms with E-state index in [2.05, 4.69) is 10.3 Å². The highest BCUT2D eigenvalue weighted by Gasteiger charge is 2.18. The molecule has 0 radical (unpaired) electrons. The minimum Gasteiger partial charge on any atom is -0.345 e. The molecule has 1 unspecified atom stereocenters. The van der Waals surface area contributed by atoms with Crippen LogP contribution in [0.3, 0.4) is 0 Å². The zero-order chi connectivity index (χ0) is 13.7. The van der Waals surface area contributed by atoms with Crippen LogP contribution >= 0.6 is 0 Å². The van der Waals surface area contributed by atoms with Crippen LogP contribution in [0.2, 0.25) is 0 Å². The molecule has 2 heterocycles. The summed E-state index contributed by atoms with van der Waals surface area (Å²) in [6, 6.07) is 3.90. The normalized spacial score (nSPS) is 19.2. The van der Waals surface area contributed by atoms with E-state index in [1.54, 1.807) is 6.20 Å². The van der Waals surface area contributed by atoms with Crippen molar-refractivity contribution in [2.75, 3.05) is 26.7 Å². The molecule has 4 nitrogen and oxygen atoms in total. The summed E-state index contributed by atoms with van der Waals surface area (Å²) in [5.74, 6) is 0.750. The van der Waals surface area contributed by atoms with Gasteiger partial charge in [-0.1, -0.05) is 6.07 Å². The number of hydrogen-bond acceptors (Lipinski definition) is 3. The minimum atomic E-state index is 0.160. The predicted molar refractivity (Wildman–Crippen MR) is 75.9 cm³/mol. The van der Waals surface area contributed by atoms with Gasteiger partial charge in [-0.3, -0.25) is 9.78 Å². The molecule has 2 rings (SSSR count). The molecule has 0 bridgehead atoms. The number of amides is 1. The Bertz CT molecular complexity index is 427. The molecule has 4 heteroatoms. The SMILES string of the molecule is Cc1cccnc1CC(=O)N(C)CC1CCCNC1. The van der Waals surface area contributed by atoms with Crippen molar-refractivity contribution in [2.45, 2.75) is 26.2 Å². The van der Waals surface area contributed by atoms with E-state index in [-0.39, 0.29) is 5.91 Å². The van der Waals surface area contributed by atoms with Gasteiger partial charge in [0.05, 0.1) is 12.1 Å². The molecule has 104 valence electrons. The molecule has 1 aliphatic heterocycles. The fourth-order valence-corrected chi connectivity index (χ4v) is 2.55. The average molecular weight is 261 g/mol. The van der Waals surface area contributed by atoms with Crippen LogP contribution in [0.4, 0.5) is 0 Å². The Morgan fingerprint density at radius 1 is 1.58 bits per heavy atom. The largest absolute Gasteiger partial charge is 0.345 e. The van der Waals surface area contributed by atoms with Gasteiger partial charge >= 0.3 is 0 Å². The molecular weight excluding hydrogens is 238 g/mol. The van der Waals surface area contributed by atoms with Crippen molar-refractivity contribution in [1.82, 2.24) is 15.2 Å². The van der Waals surface area contributed by atoms with Crippen molar-refractivity contribution in [3.05, 3.63) is 29.6 Å². The van der Waals surface area contributed by atoms with E-state index in [9.17, 15) is 4.79 Å². The Balaban J connectivity index is 1.87. The molecule has 0 spiro atoms. The van der Waals surface area contributed by atoms with Crippen molar-refractivity contribution in [3.8, 4) is 0 Å². The third-order valence-electron chi connectivity index (χ3n) is 3.79. The van der Waals surface area contributed by atoms with Gasteiger partial charge in [0, 0.05) is 19.8 Å². The van der Waals surface area contributed by atoms with Crippen LogP contribution in [-0.4, -0.2) is 42.5 Å². The first-order valence-corrected chi connectivity index (χ1v) is 7.02. The number of rotatable bonds is 4. The Labute approximate surface area is 115 Å². The summed E-state index contributed by atoms with van der Waals surface area (Å²) in [5, 5.41) is 3.39. The van der Waals surface area contributed by atoms with Crippen molar-refractivity contribution in [2.24, 2.45) is 5.92 Å². The molecule has 1 fully saturated rings. The quantitative estimate of drug-likeness (QED) is 0.891. The summed E-state index contributed by atoms with van der Waals surface area (Å²) in [4.78, 5) is 18.3. The topological polar surface area (TPSA) is 45.2 Å². The third kappa shape index (κ3) is 4.03. The number of pyridine rings is 1. The van der Waals surface area contributed by atoms with Crippen LogP contribution in [0.25, 0.3) is 0 Å². The molecule has 1 N–H and O–H groups in total. The molecule has 1 aromatic rings. The molecule has 0 saturated carbocycles.